The van der Waals surface area contributed by atoms with Crippen LogP contribution in [0.1, 0.15) is 23.8 Å². The highest BCUT2D eigenvalue weighted by atomic mass is 79.9. The van der Waals surface area contributed by atoms with Crippen molar-refractivity contribution < 1.29 is 4.42 Å². The third-order valence-electron chi connectivity index (χ3n) is 2.82. The molecule has 1 heterocycles. The molecule has 2 rings (SSSR count). The van der Waals surface area contributed by atoms with Crippen LogP contribution < -0.4 is 5.32 Å². The van der Waals surface area contributed by atoms with Gasteiger partial charge in [-0.2, -0.15) is 0 Å². The average molecular weight is 282 g/mol. The van der Waals surface area contributed by atoms with Crippen molar-refractivity contribution in [1.29, 1.82) is 0 Å². The minimum atomic E-state index is 0.800. The highest BCUT2D eigenvalue weighted by Crippen LogP contribution is 2.30. The smallest absolute Gasteiger partial charge is 0.137 e. The van der Waals surface area contributed by atoms with E-state index in [0.717, 1.165) is 28.9 Å². The normalized spacial score (nSPS) is 11.2. The van der Waals surface area contributed by atoms with Gasteiger partial charge in [0.1, 0.15) is 11.3 Å². The molecule has 0 atom stereocenters. The molecule has 0 radical (unpaired) electrons. The molecule has 0 fully saturated rings. The monoisotopic (exact) mass is 281 g/mol. The van der Waals surface area contributed by atoms with Crippen LogP contribution in [-0.2, 0) is 6.54 Å². The van der Waals surface area contributed by atoms with E-state index in [-0.39, 0.29) is 0 Å². The Morgan fingerprint density at radius 2 is 2.06 bits per heavy atom. The first-order chi connectivity index (χ1) is 7.63. The molecular weight excluding hydrogens is 266 g/mol. The quantitative estimate of drug-likeness (QED) is 0.923. The van der Waals surface area contributed by atoms with Gasteiger partial charge >= 0.3 is 0 Å². The Bertz CT molecular complexity index is 516. The summed E-state index contributed by atoms with van der Waals surface area (Å²) in [5.41, 5.74) is 3.42. The third kappa shape index (κ3) is 2.02. The second kappa shape index (κ2) is 4.60. The van der Waals surface area contributed by atoms with Crippen LogP contribution in [0.4, 0.5) is 0 Å². The van der Waals surface area contributed by atoms with Crippen molar-refractivity contribution in [3.63, 3.8) is 0 Å². The first kappa shape index (κ1) is 11.7. The van der Waals surface area contributed by atoms with Gasteiger partial charge in [0.2, 0.25) is 0 Å². The second-order valence-corrected chi connectivity index (χ2v) is 4.95. The minimum Gasteiger partial charge on any atom is -0.459 e. The highest BCUT2D eigenvalue weighted by molar-refractivity contribution is 9.10. The number of furan rings is 1. The van der Waals surface area contributed by atoms with Crippen LogP contribution in [0.3, 0.4) is 0 Å². The second-order valence-electron chi connectivity index (χ2n) is 4.03. The summed E-state index contributed by atoms with van der Waals surface area (Å²) in [7, 11) is 0. The Labute approximate surface area is 104 Å². The SMILES string of the molecule is CCNCc1oc2c(C)cc(Br)cc2c1C. The molecule has 0 saturated carbocycles. The molecule has 0 saturated heterocycles. The zero-order valence-electron chi connectivity index (χ0n) is 9.86. The van der Waals surface area contributed by atoms with E-state index in [0.29, 0.717) is 0 Å². The number of aryl methyl sites for hydroxylation is 2. The molecule has 0 amide bonds. The van der Waals surface area contributed by atoms with Gasteiger partial charge in [-0.15, -0.1) is 0 Å². The van der Waals surface area contributed by atoms with Crippen LogP contribution in [0.2, 0.25) is 0 Å². The van der Waals surface area contributed by atoms with E-state index in [4.69, 9.17) is 4.42 Å². The zero-order valence-corrected chi connectivity index (χ0v) is 11.4. The van der Waals surface area contributed by atoms with Gasteiger partial charge in [0.15, 0.2) is 0 Å². The molecule has 1 aromatic carbocycles. The van der Waals surface area contributed by atoms with Gasteiger partial charge in [-0.05, 0) is 43.7 Å². The van der Waals surface area contributed by atoms with Crippen LogP contribution >= 0.6 is 15.9 Å². The van der Waals surface area contributed by atoms with Gasteiger partial charge in [-0.3, -0.25) is 0 Å². The molecule has 3 heteroatoms. The lowest BCUT2D eigenvalue weighted by molar-refractivity contribution is 0.515. The van der Waals surface area contributed by atoms with Gasteiger partial charge in [0.05, 0.1) is 6.54 Å². The molecule has 86 valence electrons. The predicted molar refractivity (Wildman–Crippen MR) is 70.8 cm³/mol. The van der Waals surface area contributed by atoms with Gasteiger partial charge < -0.3 is 9.73 Å². The molecule has 1 N–H and O–H groups in total. The molecule has 0 aliphatic heterocycles. The Kier molecular flexibility index (Phi) is 3.36. The number of hydrogen-bond donors (Lipinski definition) is 1. The van der Waals surface area contributed by atoms with E-state index in [2.05, 4.69) is 54.2 Å². The van der Waals surface area contributed by atoms with Crippen molar-refractivity contribution in [3.8, 4) is 0 Å². The van der Waals surface area contributed by atoms with Crippen LogP contribution in [0.15, 0.2) is 21.0 Å². The first-order valence-corrected chi connectivity index (χ1v) is 6.31. The average Bonchev–Trinajstić information content (AvgIpc) is 2.54. The van der Waals surface area contributed by atoms with Crippen LogP contribution in [0, 0.1) is 13.8 Å². The Hall–Kier alpha value is -0.800. The maximum Gasteiger partial charge on any atom is 0.137 e. The molecule has 1 aromatic heterocycles. The summed E-state index contributed by atoms with van der Waals surface area (Å²) >= 11 is 3.52. The minimum absolute atomic E-state index is 0.800. The fraction of sp³-hybridized carbons (Fsp3) is 0.385. The van der Waals surface area contributed by atoms with Crippen molar-refractivity contribution in [2.45, 2.75) is 27.3 Å². The highest BCUT2D eigenvalue weighted by Gasteiger charge is 2.12. The number of rotatable bonds is 3. The van der Waals surface area contributed by atoms with Crippen LogP contribution in [-0.4, -0.2) is 6.54 Å². The molecule has 0 unspecified atom stereocenters. The summed E-state index contributed by atoms with van der Waals surface area (Å²) in [5, 5.41) is 4.50. The fourth-order valence-electron chi connectivity index (χ4n) is 1.90. The van der Waals surface area contributed by atoms with Gasteiger partial charge in [0, 0.05) is 9.86 Å². The standard InChI is InChI=1S/C13H16BrNO/c1-4-15-7-12-9(3)11-6-10(14)5-8(2)13(11)16-12/h5-6,15H,4,7H2,1-3H3. The molecule has 0 spiro atoms. The van der Waals surface area contributed by atoms with Crippen molar-refractivity contribution in [2.24, 2.45) is 0 Å². The molecule has 16 heavy (non-hydrogen) atoms. The molecule has 0 aliphatic rings. The number of fused-ring (bicyclic) bond motifs is 1. The zero-order chi connectivity index (χ0) is 11.7. The number of nitrogens with one attached hydrogen (secondary N) is 1. The third-order valence-corrected chi connectivity index (χ3v) is 3.28. The summed E-state index contributed by atoms with van der Waals surface area (Å²) < 4.78 is 7.01. The summed E-state index contributed by atoms with van der Waals surface area (Å²) in [4.78, 5) is 0. The Morgan fingerprint density at radius 1 is 1.31 bits per heavy atom. The molecule has 0 aliphatic carbocycles. The topological polar surface area (TPSA) is 25.2 Å². The fourth-order valence-corrected chi connectivity index (χ4v) is 2.47. The molecular formula is C13H16BrNO. The summed E-state index contributed by atoms with van der Waals surface area (Å²) in [6.07, 6.45) is 0. The lowest BCUT2D eigenvalue weighted by Gasteiger charge is -1.97. The van der Waals surface area contributed by atoms with Crippen LogP contribution in [0.5, 0.6) is 0 Å². The van der Waals surface area contributed by atoms with E-state index >= 15 is 0 Å². The number of benzene rings is 1. The summed E-state index contributed by atoms with van der Waals surface area (Å²) in [6, 6.07) is 4.21. The molecule has 2 aromatic rings. The van der Waals surface area contributed by atoms with Crippen molar-refractivity contribution in [1.82, 2.24) is 5.32 Å². The molecule has 2 nitrogen and oxygen atoms in total. The van der Waals surface area contributed by atoms with Gasteiger partial charge in [-0.25, -0.2) is 0 Å². The van der Waals surface area contributed by atoms with Gasteiger partial charge in [-0.1, -0.05) is 22.9 Å². The summed E-state index contributed by atoms with van der Waals surface area (Å²) in [5.74, 6) is 1.04. The number of hydrogen-bond acceptors (Lipinski definition) is 2. The van der Waals surface area contributed by atoms with Crippen molar-refractivity contribution in [2.75, 3.05) is 6.54 Å². The van der Waals surface area contributed by atoms with Gasteiger partial charge in [0.25, 0.3) is 0 Å². The van der Waals surface area contributed by atoms with E-state index in [9.17, 15) is 0 Å². The maximum absolute atomic E-state index is 5.90. The van der Waals surface area contributed by atoms with Crippen LogP contribution in [0.25, 0.3) is 11.0 Å². The lowest BCUT2D eigenvalue weighted by Crippen LogP contribution is -2.11. The first-order valence-electron chi connectivity index (χ1n) is 5.52. The van der Waals surface area contributed by atoms with E-state index in [1.165, 1.54) is 16.5 Å². The van der Waals surface area contributed by atoms with E-state index in [1.54, 1.807) is 0 Å². The van der Waals surface area contributed by atoms with Crippen molar-refractivity contribution >= 4 is 26.9 Å². The predicted octanol–water partition coefficient (Wildman–Crippen LogP) is 3.92. The van der Waals surface area contributed by atoms with E-state index in [1.807, 2.05) is 0 Å². The lowest BCUT2D eigenvalue weighted by atomic mass is 10.1. The Morgan fingerprint density at radius 3 is 2.75 bits per heavy atom. The number of halogens is 1. The Balaban J connectivity index is 2.54. The van der Waals surface area contributed by atoms with Crippen molar-refractivity contribution in [3.05, 3.63) is 33.5 Å². The maximum atomic E-state index is 5.90. The van der Waals surface area contributed by atoms with E-state index < -0.39 is 0 Å². The summed E-state index contributed by atoms with van der Waals surface area (Å²) in [6.45, 7) is 8.05. The molecule has 0 bridgehead atoms. The largest absolute Gasteiger partial charge is 0.459 e.